The molecular formula is C13H11N3O. The third-order valence-electron chi connectivity index (χ3n) is 2.71. The summed E-state index contributed by atoms with van der Waals surface area (Å²) in [6.07, 6.45) is 3.32. The van der Waals surface area contributed by atoms with Crippen LogP contribution in [0.2, 0.25) is 0 Å². The van der Waals surface area contributed by atoms with Gasteiger partial charge in [-0.25, -0.2) is 4.52 Å². The fraction of sp³-hybridized carbons (Fsp3) is 0.0769. The molecule has 0 fully saturated rings. The normalized spacial score (nSPS) is 10.9. The molecule has 0 amide bonds. The van der Waals surface area contributed by atoms with Crippen molar-refractivity contribution in [3.05, 3.63) is 58.6 Å². The van der Waals surface area contributed by atoms with Crippen molar-refractivity contribution < 1.29 is 0 Å². The van der Waals surface area contributed by atoms with Crippen molar-refractivity contribution in [1.82, 2.24) is 14.6 Å². The van der Waals surface area contributed by atoms with E-state index >= 15 is 0 Å². The van der Waals surface area contributed by atoms with Gasteiger partial charge >= 0.3 is 0 Å². The highest BCUT2D eigenvalue weighted by atomic mass is 16.1. The largest absolute Gasteiger partial charge is 0.326 e. The first-order valence-corrected chi connectivity index (χ1v) is 5.38. The molecule has 2 aromatic heterocycles. The Hall–Kier alpha value is -2.36. The topological polar surface area (TPSA) is 50.2 Å². The van der Waals surface area contributed by atoms with Gasteiger partial charge in [-0.2, -0.15) is 5.10 Å². The number of H-pyrrole nitrogens is 1. The van der Waals surface area contributed by atoms with E-state index in [2.05, 4.69) is 16.1 Å². The van der Waals surface area contributed by atoms with Crippen LogP contribution in [0.1, 0.15) is 5.56 Å². The maximum Gasteiger partial charge on any atom is 0.273 e. The van der Waals surface area contributed by atoms with E-state index in [-0.39, 0.29) is 5.56 Å². The Morgan fingerprint density at radius 3 is 2.94 bits per heavy atom. The Labute approximate surface area is 97.5 Å². The van der Waals surface area contributed by atoms with Gasteiger partial charge in [-0.15, -0.1) is 0 Å². The minimum Gasteiger partial charge on any atom is -0.326 e. The number of benzene rings is 1. The zero-order valence-corrected chi connectivity index (χ0v) is 9.34. The molecular weight excluding hydrogens is 214 g/mol. The van der Waals surface area contributed by atoms with Crippen LogP contribution in [0.5, 0.6) is 0 Å². The number of rotatable bonds is 1. The molecule has 1 aromatic carbocycles. The van der Waals surface area contributed by atoms with Crippen molar-refractivity contribution in [1.29, 1.82) is 0 Å². The van der Waals surface area contributed by atoms with E-state index in [9.17, 15) is 4.79 Å². The van der Waals surface area contributed by atoms with Crippen LogP contribution in [0, 0.1) is 6.92 Å². The maximum absolute atomic E-state index is 11.6. The van der Waals surface area contributed by atoms with Crippen LogP contribution >= 0.6 is 0 Å². The molecule has 84 valence electrons. The molecule has 0 spiro atoms. The Morgan fingerprint density at radius 1 is 1.29 bits per heavy atom. The van der Waals surface area contributed by atoms with Crippen LogP contribution in [-0.4, -0.2) is 14.6 Å². The lowest BCUT2D eigenvalue weighted by Crippen LogP contribution is -2.07. The van der Waals surface area contributed by atoms with Gasteiger partial charge in [0.05, 0.1) is 5.69 Å². The molecule has 1 N–H and O–H groups in total. The van der Waals surface area contributed by atoms with Crippen molar-refractivity contribution in [2.45, 2.75) is 6.92 Å². The number of aromatic amines is 1. The fourth-order valence-corrected chi connectivity index (χ4v) is 1.88. The first kappa shape index (κ1) is 9.84. The molecule has 0 saturated carbocycles. The highest BCUT2D eigenvalue weighted by molar-refractivity contribution is 5.65. The van der Waals surface area contributed by atoms with Gasteiger partial charge in [-0.3, -0.25) is 4.79 Å². The summed E-state index contributed by atoms with van der Waals surface area (Å²) in [5, 5.41) is 4.38. The van der Waals surface area contributed by atoms with Crippen molar-refractivity contribution in [2.24, 2.45) is 0 Å². The van der Waals surface area contributed by atoms with Crippen LogP contribution < -0.4 is 5.56 Å². The fourth-order valence-electron chi connectivity index (χ4n) is 1.88. The summed E-state index contributed by atoms with van der Waals surface area (Å²) in [5.74, 6) is 0. The van der Waals surface area contributed by atoms with E-state index in [4.69, 9.17) is 0 Å². The van der Waals surface area contributed by atoms with Gasteiger partial charge in [0, 0.05) is 18.0 Å². The highest BCUT2D eigenvalue weighted by Gasteiger charge is 2.06. The summed E-state index contributed by atoms with van der Waals surface area (Å²) in [6.45, 7) is 2.03. The second-order valence-electron chi connectivity index (χ2n) is 4.02. The summed E-state index contributed by atoms with van der Waals surface area (Å²) in [4.78, 5) is 14.2. The third kappa shape index (κ3) is 1.63. The number of aryl methyl sites for hydroxylation is 1. The van der Waals surface area contributed by atoms with Gasteiger partial charge in [-0.1, -0.05) is 23.8 Å². The smallest absolute Gasteiger partial charge is 0.273 e. The van der Waals surface area contributed by atoms with Crippen LogP contribution in [-0.2, 0) is 0 Å². The van der Waals surface area contributed by atoms with Crippen molar-refractivity contribution in [3.63, 3.8) is 0 Å². The summed E-state index contributed by atoms with van der Waals surface area (Å²) in [6, 6.07) is 9.86. The lowest BCUT2D eigenvalue weighted by Gasteiger charge is -1.96. The number of hydrogen-bond acceptors (Lipinski definition) is 2. The van der Waals surface area contributed by atoms with E-state index < -0.39 is 0 Å². The minimum absolute atomic E-state index is 0.126. The van der Waals surface area contributed by atoms with Crippen LogP contribution in [0.25, 0.3) is 16.8 Å². The van der Waals surface area contributed by atoms with Crippen molar-refractivity contribution in [3.8, 4) is 11.3 Å². The molecule has 0 saturated heterocycles. The lowest BCUT2D eigenvalue weighted by molar-refractivity contribution is 0.939. The van der Waals surface area contributed by atoms with E-state index in [1.807, 2.05) is 25.1 Å². The number of nitrogens with zero attached hydrogens (tertiary/aromatic N) is 2. The lowest BCUT2D eigenvalue weighted by atomic mass is 10.1. The number of fused-ring (bicyclic) bond motifs is 1. The van der Waals surface area contributed by atoms with Gasteiger partial charge in [0.25, 0.3) is 5.56 Å². The quantitative estimate of drug-likeness (QED) is 0.688. The Balaban J connectivity index is 2.25. The minimum atomic E-state index is -0.126. The first-order valence-electron chi connectivity index (χ1n) is 5.38. The summed E-state index contributed by atoms with van der Waals surface area (Å²) >= 11 is 0. The molecule has 3 aromatic rings. The molecule has 4 nitrogen and oxygen atoms in total. The summed E-state index contributed by atoms with van der Waals surface area (Å²) in [5.41, 5.74) is 3.44. The van der Waals surface area contributed by atoms with Gasteiger partial charge < -0.3 is 4.98 Å². The molecule has 0 aliphatic rings. The molecule has 0 aliphatic heterocycles. The Kier molecular flexibility index (Phi) is 2.08. The average molecular weight is 225 g/mol. The Bertz CT molecular complexity index is 740. The van der Waals surface area contributed by atoms with Gasteiger partial charge in [0.2, 0.25) is 0 Å². The number of hydrogen-bond donors (Lipinski definition) is 1. The zero-order valence-electron chi connectivity index (χ0n) is 9.34. The molecule has 0 atom stereocenters. The highest BCUT2D eigenvalue weighted by Crippen LogP contribution is 2.19. The second-order valence-corrected chi connectivity index (χ2v) is 4.02. The summed E-state index contributed by atoms with van der Waals surface area (Å²) in [7, 11) is 0. The van der Waals surface area contributed by atoms with Gasteiger partial charge in [0.15, 0.2) is 0 Å². The maximum atomic E-state index is 11.6. The monoisotopic (exact) mass is 225 g/mol. The van der Waals surface area contributed by atoms with Crippen LogP contribution in [0.4, 0.5) is 0 Å². The molecule has 3 rings (SSSR count). The van der Waals surface area contributed by atoms with E-state index in [1.165, 1.54) is 5.56 Å². The predicted octanol–water partition coefficient (Wildman–Crippen LogP) is 2.00. The molecule has 17 heavy (non-hydrogen) atoms. The van der Waals surface area contributed by atoms with Crippen molar-refractivity contribution in [2.75, 3.05) is 0 Å². The van der Waals surface area contributed by atoms with E-state index in [1.54, 1.807) is 23.0 Å². The molecule has 4 heteroatoms. The predicted molar refractivity (Wildman–Crippen MR) is 66.0 cm³/mol. The van der Waals surface area contributed by atoms with Crippen molar-refractivity contribution >= 4 is 5.52 Å². The second kappa shape index (κ2) is 3.59. The molecule has 0 bridgehead atoms. The van der Waals surface area contributed by atoms with Gasteiger partial charge in [0.1, 0.15) is 5.52 Å². The number of aromatic nitrogens is 3. The molecule has 2 heterocycles. The van der Waals surface area contributed by atoms with Crippen LogP contribution in [0.15, 0.2) is 47.5 Å². The SMILES string of the molecule is Cc1cccc(-c2cc3c(=O)[nH]ccn3n2)c1. The first-order chi connectivity index (χ1) is 8.24. The molecule has 0 unspecified atom stereocenters. The van der Waals surface area contributed by atoms with E-state index in [0.29, 0.717) is 5.52 Å². The number of nitrogens with one attached hydrogen (secondary N) is 1. The van der Waals surface area contributed by atoms with E-state index in [0.717, 1.165) is 11.3 Å². The Morgan fingerprint density at radius 2 is 2.18 bits per heavy atom. The standard InChI is InChI=1S/C13H11N3O/c1-9-3-2-4-10(7-9)11-8-12-13(17)14-5-6-16(12)15-11/h2-8H,1H3,(H,14,17). The average Bonchev–Trinajstić information content (AvgIpc) is 2.74. The van der Waals surface area contributed by atoms with Crippen LogP contribution in [0.3, 0.4) is 0 Å². The van der Waals surface area contributed by atoms with Gasteiger partial charge in [-0.05, 0) is 19.1 Å². The molecule has 0 aliphatic carbocycles. The molecule has 0 radical (unpaired) electrons. The zero-order chi connectivity index (χ0) is 11.8. The third-order valence-corrected chi connectivity index (χ3v) is 2.71. The summed E-state index contributed by atoms with van der Waals surface area (Å²) < 4.78 is 1.59.